The highest BCUT2D eigenvalue weighted by atomic mass is 35.5. The zero-order valence-electron chi connectivity index (χ0n) is 8.20. The van der Waals surface area contributed by atoms with Crippen molar-refractivity contribution < 1.29 is 14.8 Å². The Morgan fingerprint density at radius 2 is 1.93 bits per heavy atom. The fraction of sp³-hybridized carbons (Fsp3) is 0.333. The molecule has 1 aromatic carbocycles. The van der Waals surface area contributed by atoms with Crippen LogP contribution >= 0.6 is 23.2 Å². The Labute approximate surface area is 98.7 Å². The Hall–Kier alpha value is -0.415. The van der Waals surface area contributed by atoms with E-state index in [2.05, 4.69) is 0 Å². The molecule has 82 valence electrons. The van der Waals surface area contributed by atoms with Gasteiger partial charge in [-0.1, -0.05) is 30.1 Å². The van der Waals surface area contributed by atoms with E-state index in [4.69, 9.17) is 38.0 Å². The van der Waals surface area contributed by atoms with Crippen molar-refractivity contribution in [1.82, 2.24) is 0 Å². The van der Waals surface area contributed by atoms with E-state index >= 15 is 0 Å². The van der Waals surface area contributed by atoms with Gasteiger partial charge in [-0.05, 0) is 18.6 Å². The lowest BCUT2D eigenvalue weighted by Crippen LogP contribution is -2.30. The van der Waals surface area contributed by atoms with Gasteiger partial charge in [-0.3, -0.25) is 0 Å². The van der Waals surface area contributed by atoms with Crippen LogP contribution in [0.2, 0.25) is 10.0 Å². The highest BCUT2D eigenvalue weighted by molar-refractivity contribution is 6.63. The van der Waals surface area contributed by atoms with Gasteiger partial charge in [-0.2, -0.15) is 0 Å². The molecule has 0 saturated heterocycles. The number of rotatable bonds is 4. The van der Waals surface area contributed by atoms with Crippen molar-refractivity contribution in [3.8, 4) is 5.75 Å². The van der Waals surface area contributed by atoms with Crippen LogP contribution in [-0.4, -0.2) is 23.8 Å². The molecule has 0 atom stereocenters. The summed E-state index contributed by atoms with van der Waals surface area (Å²) in [5.74, 6) is 0.408. The summed E-state index contributed by atoms with van der Waals surface area (Å²) >= 11 is 11.6. The standard InChI is InChI=1S/C9H11BCl2O3/c1-2-3-15-9-4-6(10(13)14)7(11)5-8(9)12/h4-5,13-14H,2-3H2,1H3. The topological polar surface area (TPSA) is 49.7 Å². The van der Waals surface area contributed by atoms with E-state index in [-0.39, 0.29) is 10.5 Å². The number of ether oxygens (including phenoxy) is 1. The second-order valence-corrected chi connectivity index (χ2v) is 3.84. The van der Waals surface area contributed by atoms with Crippen LogP contribution in [-0.2, 0) is 0 Å². The van der Waals surface area contributed by atoms with Gasteiger partial charge < -0.3 is 14.8 Å². The van der Waals surface area contributed by atoms with Crippen LogP contribution in [0.3, 0.4) is 0 Å². The molecule has 15 heavy (non-hydrogen) atoms. The Balaban J connectivity index is 3.00. The van der Waals surface area contributed by atoms with E-state index in [0.717, 1.165) is 6.42 Å². The fourth-order valence-electron chi connectivity index (χ4n) is 1.07. The van der Waals surface area contributed by atoms with E-state index in [1.165, 1.54) is 12.1 Å². The predicted octanol–water partition coefficient (Wildman–Crippen LogP) is 1.46. The third-order valence-corrected chi connectivity index (χ3v) is 2.41. The average molecular weight is 249 g/mol. The minimum absolute atomic E-state index is 0.187. The Kier molecular flexibility index (Phi) is 4.73. The lowest BCUT2D eigenvalue weighted by Gasteiger charge is -2.10. The van der Waals surface area contributed by atoms with Gasteiger partial charge in [0, 0.05) is 10.5 Å². The lowest BCUT2D eigenvalue weighted by molar-refractivity contribution is 0.317. The molecule has 0 bridgehead atoms. The van der Waals surface area contributed by atoms with Crippen LogP contribution in [0.15, 0.2) is 12.1 Å². The average Bonchev–Trinajstić information content (AvgIpc) is 2.16. The smallest absolute Gasteiger partial charge is 0.490 e. The number of benzene rings is 1. The summed E-state index contributed by atoms with van der Waals surface area (Å²) < 4.78 is 5.32. The molecular weight excluding hydrogens is 238 g/mol. The molecule has 0 spiro atoms. The van der Waals surface area contributed by atoms with Crippen molar-refractivity contribution in [1.29, 1.82) is 0 Å². The number of halogens is 2. The van der Waals surface area contributed by atoms with Crippen molar-refractivity contribution in [3.05, 3.63) is 22.2 Å². The quantitative estimate of drug-likeness (QED) is 0.794. The number of hydrogen-bond donors (Lipinski definition) is 2. The lowest BCUT2D eigenvalue weighted by atomic mass is 9.80. The molecule has 0 aliphatic heterocycles. The van der Waals surface area contributed by atoms with Gasteiger partial charge in [-0.15, -0.1) is 0 Å². The summed E-state index contributed by atoms with van der Waals surface area (Å²) in [6.07, 6.45) is 0.843. The largest absolute Gasteiger partial charge is 0.492 e. The molecule has 2 N–H and O–H groups in total. The van der Waals surface area contributed by atoms with E-state index in [1.54, 1.807) is 0 Å². The van der Waals surface area contributed by atoms with Gasteiger partial charge in [0.15, 0.2) is 0 Å². The fourth-order valence-corrected chi connectivity index (χ4v) is 1.60. The normalized spacial score (nSPS) is 10.2. The summed E-state index contributed by atoms with van der Waals surface area (Å²) in [4.78, 5) is 0. The maximum Gasteiger partial charge on any atom is 0.490 e. The summed E-state index contributed by atoms with van der Waals surface area (Å²) in [7, 11) is -1.63. The highest BCUT2D eigenvalue weighted by Gasteiger charge is 2.18. The second kappa shape index (κ2) is 5.61. The SMILES string of the molecule is CCCOc1cc(B(O)O)c(Cl)cc1Cl. The zero-order valence-corrected chi connectivity index (χ0v) is 9.72. The van der Waals surface area contributed by atoms with Crippen molar-refractivity contribution in [3.63, 3.8) is 0 Å². The first-order valence-electron chi connectivity index (χ1n) is 4.54. The van der Waals surface area contributed by atoms with Crippen molar-refractivity contribution in [2.45, 2.75) is 13.3 Å². The molecule has 1 rings (SSSR count). The predicted molar refractivity (Wildman–Crippen MR) is 62.1 cm³/mol. The van der Waals surface area contributed by atoms with Crippen LogP contribution in [0.4, 0.5) is 0 Å². The Morgan fingerprint density at radius 1 is 1.27 bits per heavy atom. The van der Waals surface area contributed by atoms with Gasteiger partial charge in [0.1, 0.15) is 5.75 Å². The summed E-state index contributed by atoms with van der Waals surface area (Å²) in [5, 5.41) is 18.6. The second-order valence-electron chi connectivity index (χ2n) is 3.03. The van der Waals surface area contributed by atoms with Gasteiger partial charge in [0.2, 0.25) is 0 Å². The maximum atomic E-state index is 9.02. The molecule has 0 fully saturated rings. The summed E-state index contributed by atoms with van der Waals surface area (Å²) in [5.41, 5.74) is 0.187. The first-order valence-corrected chi connectivity index (χ1v) is 5.29. The van der Waals surface area contributed by atoms with E-state index < -0.39 is 7.12 Å². The van der Waals surface area contributed by atoms with Crippen molar-refractivity contribution >= 4 is 35.8 Å². The van der Waals surface area contributed by atoms with Gasteiger partial charge in [-0.25, -0.2) is 0 Å². The van der Waals surface area contributed by atoms with Gasteiger partial charge >= 0.3 is 7.12 Å². The molecule has 0 heterocycles. The molecule has 1 aromatic rings. The Bertz CT molecular complexity index is 344. The molecule has 0 unspecified atom stereocenters. The summed E-state index contributed by atoms with van der Waals surface area (Å²) in [6, 6.07) is 2.87. The molecule has 6 heteroatoms. The van der Waals surface area contributed by atoms with E-state index in [1.807, 2.05) is 6.92 Å². The van der Waals surface area contributed by atoms with Crippen LogP contribution in [0, 0.1) is 0 Å². The number of hydrogen-bond acceptors (Lipinski definition) is 3. The molecule has 3 nitrogen and oxygen atoms in total. The molecular formula is C9H11BCl2O3. The van der Waals surface area contributed by atoms with Gasteiger partial charge in [0.05, 0.1) is 11.6 Å². The van der Waals surface area contributed by atoms with Crippen LogP contribution in [0.1, 0.15) is 13.3 Å². The molecule has 0 aliphatic carbocycles. The first kappa shape index (κ1) is 12.7. The summed E-state index contributed by atoms with van der Waals surface area (Å²) in [6.45, 7) is 2.48. The molecule has 0 amide bonds. The first-order chi connectivity index (χ1) is 7.06. The van der Waals surface area contributed by atoms with Crippen molar-refractivity contribution in [2.24, 2.45) is 0 Å². The van der Waals surface area contributed by atoms with Crippen LogP contribution in [0.25, 0.3) is 0 Å². The van der Waals surface area contributed by atoms with Crippen LogP contribution in [0.5, 0.6) is 5.75 Å². The van der Waals surface area contributed by atoms with Crippen molar-refractivity contribution in [2.75, 3.05) is 6.61 Å². The van der Waals surface area contributed by atoms with Gasteiger partial charge in [0.25, 0.3) is 0 Å². The molecule has 0 saturated carbocycles. The maximum absolute atomic E-state index is 9.02. The minimum Gasteiger partial charge on any atom is -0.492 e. The van der Waals surface area contributed by atoms with E-state index in [0.29, 0.717) is 17.4 Å². The third kappa shape index (κ3) is 3.28. The third-order valence-electron chi connectivity index (χ3n) is 1.79. The minimum atomic E-state index is -1.63. The Morgan fingerprint density at radius 3 is 2.47 bits per heavy atom. The monoisotopic (exact) mass is 248 g/mol. The van der Waals surface area contributed by atoms with E-state index in [9.17, 15) is 0 Å². The molecule has 0 radical (unpaired) electrons. The molecule has 0 aliphatic rings. The molecule has 0 aromatic heterocycles. The van der Waals surface area contributed by atoms with Crippen LogP contribution < -0.4 is 10.2 Å². The highest BCUT2D eigenvalue weighted by Crippen LogP contribution is 2.26. The zero-order chi connectivity index (χ0) is 11.4.